The topological polar surface area (TPSA) is 133 Å². The van der Waals surface area contributed by atoms with Crippen LogP contribution in [0, 0.1) is 6.92 Å². The fourth-order valence-electron chi connectivity index (χ4n) is 6.64. The molecule has 0 saturated carbocycles. The molecule has 0 bridgehead atoms. The number of aryl methyl sites for hydroxylation is 1. The van der Waals surface area contributed by atoms with Crippen molar-refractivity contribution in [3.8, 4) is 0 Å². The van der Waals surface area contributed by atoms with Gasteiger partial charge in [-0.1, -0.05) is 54.1 Å². The Hall–Kier alpha value is -5.20. The number of benzene rings is 3. The molecule has 0 aliphatic carbocycles. The Morgan fingerprint density at radius 1 is 0.918 bits per heavy atom. The number of aromatic nitrogens is 2. The molecule has 252 valence electrons. The van der Waals surface area contributed by atoms with Crippen LogP contribution in [0.5, 0.6) is 0 Å². The van der Waals surface area contributed by atoms with Crippen molar-refractivity contribution in [3.05, 3.63) is 105 Å². The third-order valence-corrected chi connectivity index (χ3v) is 9.04. The third kappa shape index (κ3) is 6.74. The minimum atomic E-state index is -1.31. The SMILES string of the molecule is Cc1cc2c3c(c1)C(c1ccccc1)=NC(n1c(COC(=O)CCC(=O)OCCN4CCOCC4)nc4ccccc4c1=O)C(=O)N3CC2. The van der Waals surface area contributed by atoms with Crippen LogP contribution in [0.15, 0.2) is 76.5 Å². The highest BCUT2D eigenvalue weighted by molar-refractivity contribution is 6.20. The molecular formula is C37H37N5O7. The van der Waals surface area contributed by atoms with E-state index >= 15 is 0 Å². The molecule has 0 N–H and O–H groups in total. The molecule has 1 unspecified atom stereocenters. The number of aliphatic imine (C=N–C) groups is 1. The van der Waals surface area contributed by atoms with Crippen LogP contribution < -0.4 is 10.5 Å². The van der Waals surface area contributed by atoms with Crippen molar-refractivity contribution >= 4 is 40.1 Å². The molecule has 1 aromatic heterocycles. The Labute approximate surface area is 282 Å². The number of hydrogen-bond acceptors (Lipinski definition) is 10. The Bertz CT molecular complexity index is 2000. The van der Waals surface area contributed by atoms with E-state index in [1.807, 2.05) is 43.3 Å². The van der Waals surface area contributed by atoms with Gasteiger partial charge in [-0.3, -0.25) is 28.6 Å². The summed E-state index contributed by atoms with van der Waals surface area (Å²) >= 11 is 0. The number of hydrogen-bond donors (Lipinski definition) is 0. The minimum Gasteiger partial charge on any atom is -0.464 e. The van der Waals surface area contributed by atoms with E-state index in [1.54, 1.807) is 29.2 Å². The number of carbonyl (C=O) groups is 3. The molecule has 0 radical (unpaired) electrons. The predicted molar refractivity (Wildman–Crippen MR) is 182 cm³/mol. The summed E-state index contributed by atoms with van der Waals surface area (Å²) in [7, 11) is 0. The van der Waals surface area contributed by atoms with E-state index in [-0.39, 0.29) is 31.2 Å². The van der Waals surface area contributed by atoms with Crippen LogP contribution in [-0.4, -0.2) is 84.0 Å². The van der Waals surface area contributed by atoms with Crippen molar-refractivity contribution in [2.75, 3.05) is 50.9 Å². The largest absolute Gasteiger partial charge is 0.464 e. The molecule has 0 spiro atoms. The fourth-order valence-corrected chi connectivity index (χ4v) is 6.64. The van der Waals surface area contributed by atoms with Gasteiger partial charge in [0.05, 0.1) is 48.4 Å². The summed E-state index contributed by atoms with van der Waals surface area (Å²) in [6.07, 6.45) is -0.998. The average Bonchev–Trinajstić information content (AvgIpc) is 3.50. The van der Waals surface area contributed by atoms with Gasteiger partial charge in [0, 0.05) is 37.3 Å². The normalized spacial score (nSPS) is 17.4. The van der Waals surface area contributed by atoms with E-state index in [9.17, 15) is 19.2 Å². The van der Waals surface area contributed by atoms with Gasteiger partial charge in [-0.2, -0.15) is 0 Å². The Balaban J connectivity index is 1.17. The lowest BCUT2D eigenvalue weighted by atomic mass is 9.96. The van der Waals surface area contributed by atoms with Gasteiger partial charge in [0.25, 0.3) is 11.5 Å². The van der Waals surface area contributed by atoms with Gasteiger partial charge >= 0.3 is 11.9 Å². The molecule has 3 aliphatic rings. The van der Waals surface area contributed by atoms with Crippen LogP contribution in [0.4, 0.5) is 5.69 Å². The molecule has 12 heteroatoms. The van der Waals surface area contributed by atoms with Gasteiger partial charge in [-0.15, -0.1) is 0 Å². The zero-order valence-electron chi connectivity index (χ0n) is 27.3. The maximum absolute atomic E-state index is 14.4. The highest BCUT2D eigenvalue weighted by atomic mass is 16.5. The van der Waals surface area contributed by atoms with Crippen LogP contribution >= 0.6 is 0 Å². The summed E-state index contributed by atoms with van der Waals surface area (Å²) in [6.45, 7) is 5.77. The second kappa shape index (κ2) is 14.1. The molecule has 4 aromatic rings. The van der Waals surface area contributed by atoms with E-state index in [0.717, 1.165) is 41.0 Å². The molecular weight excluding hydrogens is 626 g/mol. The van der Waals surface area contributed by atoms with E-state index in [0.29, 0.717) is 49.3 Å². The quantitative estimate of drug-likeness (QED) is 0.234. The number of ether oxygens (including phenoxy) is 3. The maximum atomic E-state index is 14.4. The van der Waals surface area contributed by atoms with E-state index < -0.39 is 30.3 Å². The van der Waals surface area contributed by atoms with E-state index in [2.05, 4.69) is 11.0 Å². The number of esters is 2. The van der Waals surface area contributed by atoms with Crippen molar-refractivity contribution in [1.29, 1.82) is 0 Å². The highest BCUT2D eigenvalue weighted by Crippen LogP contribution is 2.39. The molecule has 49 heavy (non-hydrogen) atoms. The van der Waals surface area contributed by atoms with Crippen molar-refractivity contribution in [1.82, 2.24) is 14.5 Å². The molecule has 1 fully saturated rings. The number of fused-ring (bicyclic) bond motifs is 1. The number of rotatable bonds is 10. The lowest BCUT2D eigenvalue weighted by molar-refractivity contribution is -0.151. The molecule has 7 rings (SSSR count). The smallest absolute Gasteiger partial charge is 0.306 e. The first-order chi connectivity index (χ1) is 23.9. The highest BCUT2D eigenvalue weighted by Gasteiger charge is 2.39. The van der Waals surface area contributed by atoms with Crippen LogP contribution in [0.3, 0.4) is 0 Å². The van der Waals surface area contributed by atoms with Gasteiger partial charge < -0.3 is 19.1 Å². The van der Waals surface area contributed by atoms with Crippen LogP contribution in [0.25, 0.3) is 10.9 Å². The monoisotopic (exact) mass is 663 g/mol. The van der Waals surface area contributed by atoms with Crippen molar-refractivity contribution in [2.24, 2.45) is 4.99 Å². The number of amides is 1. The second-order valence-corrected chi connectivity index (χ2v) is 12.3. The molecule has 1 amide bonds. The standard InChI is InChI=1S/C37H37N5O7/c1-24-21-26-13-14-41-34(26)28(22-24)33(25-7-3-2-4-8-25)39-35(37(41)46)42-30(38-29-10-6-5-9-27(29)36(42)45)23-49-32(44)12-11-31(43)48-20-17-40-15-18-47-19-16-40/h2-10,21-22,35H,11-20,23H2,1H3. The Morgan fingerprint density at radius 2 is 1.65 bits per heavy atom. The van der Waals surface area contributed by atoms with E-state index in [4.69, 9.17) is 24.2 Å². The number of morpholine rings is 1. The summed E-state index contributed by atoms with van der Waals surface area (Å²) in [4.78, 5) is 67.4. The molecule has 4 heterocycles. The summed E-state index contributed by atoms with van der Waals surface area (Å²) < 4.78 is 17.5. The Morgan fingerprint density at radius 3 is 2.45 bits per heavy atom. The fraction of sp³-hybridized carbons (Fsp3) is 0.351. The minimum absolute atomic E-state index is 0.0706. The lowest BCUT2D eigenvalue weighted by Crippen LogP contribution is -2.40. The first kappa shape index (κ1) is 32.4. The summed E-state index contributed by atoms with van der Waals surface area (Å²) in [5.74, 6) is -1.47. The molecule has 3 aliphatic heterocycles. The average molecular weight is 664 g/mol. The van der Waals surface area contributed by atoms with Crippen molar-refractivity contribution < 1.29 is 28.6 Å². The predicted octanol–water partition coefficient (Wildman–Crippen LogP) is 3.34. The zero-order valence-corrected chi connectivity index (χ0v) is 27.3. The van der Waals surface area contributed by atoms with Crippen LogP contribution in [-0.2, 0) is 41.6 Å². The van der Waals surface area contributed by atoms with Gasteiger partial charge in [0.2, 0.25) is 6.17 Å². The van der Waals surface area contributed by atoms with Crippen molar-refractivity contribution in [3.63, 3.8) is 0 Å². The van der Waals surface area contributed by atoms with Crippen LogP contribution in [0.2, 0.25) is 0 Å². The number of carbonyl (C=O) groups excluding carboxylic acids is 3. The van der Waals surface area contributed by atoms with Crippen molar-refractivity contribution in [2.45, 2.75) is 39.0 Å². The summed E-state index contributed by atoms with van der Waals surface area (Å²) in [6, 6.07) is 20.5. The van der Waals surface area contributed by atoms with Gasteiger partial charge in [-0.25, -0.2) is 9.98 Å². The van der Waals surface area contributed by atoms with Gasteiger partial charge in [0.15, 0.2) is 5.82 Å². The van der Waals surface area contributed by atoms with Gasteiger partial charge in [-0.05, 0) is 37.1 Å². The van der Waals surface area contributed by atoms with E-state index in [1.165, 1.54) is 4.57 Å². The zero-order chi connectivity index (χ0) is 33.9. The molecule has 12 nitrogen and oxygen atoms in total. The molecule has 1 atom stereocenters. The third-order valence-electron chi connectivity index (χ3n) is 9.04. The first-order valence-electron chi connectivity index (χ1n) is 16.6. The second-order valence-electron chi connectivity index (χ2n) is 12.3. The number of para-hydroxylation sites is 1. The van der Waals surface area contributed by atoms with Crippen LogP contribution in [0.1, 0.15) is 47.1 Å². The Kier molecular flexibility index (Phi) is 9.32. The lowest BCUT2D eigenvalue weighted by Gasteiger charge is -2.26. The summed E-state index contributed by atoms with van der Waals surface area (Å²) in [5, 5.41) is 0.307. The maximum Gasteiger partial charge on any atom is 0.306 e. The molecule has 1 saturated heterocycles. The molecule has 3 aromatic carbocycles. The first-order valence-corrected chi connectivity index (χ1v) is 16.6. The number of anilines is 1. The number of nitrogens with zero attached hydrogens (tertiary/aromatic N) is 5. The van der Waals surface area contributed by atoms with Gasteiger partial charge in [0.1, 0.15) is 13.2 Å². The summed E-state index contributed by atoms with van der Waals surface area (Å²) in [5.41, 5.74) is 5.01.